The van der Waals surface area contributed by atoms with Crippen molar-refractivity contribution in [3.63, 3.8) is 0 Å². The first-order valence-electron chi connectivity index (χ1n) is 4.17. The molecule has 72 valence electrons. The lowest BCUT2D eigenvalue weighted by Crippen LogP contribution is -2.29. The summed E-state index contributed by atoms with van der Waals surface area (Å²) in [7, 11) is 0. The van der Waals surface area contributed by atoms with Crippen molar-refractivity contribution in [2.45, 2.75) is 31.2 Å². The smallest absolute Gasteiger partial charge is 0.0406 e. The fourth-order valence-electron chi connectivity index (χ4n) is 0.715. The quantitative estimate of drug-likeness (QED) is 0.755. The molecule has 0 unspecified atom stereocenters. The summed E-state index contributed by atoms with van der Waals surface area (Å²) in [5.74, 6) is 0. The molecular formula is C10H14ClNS. The van der Waals surface area contributed by atoms with Crippen LogP contribution in [-0.4, -0.2) is 5.54 Å². The Morgan fingerprint density at radius 2 is 1.69 bits per heavy atom. The lowest BCUT2D eigenvalue weighted by molar-refractivity contribution is 0.535. The highest BCUT2D eigenvalue weighted by Crippen LogP contribution is 2.20. The van der Waals surface area contributed by atoms with Gasteiger partial charge in [0.1, 0.15) is 0 Å². The van der Waals surface area contributed by atoms with Gasteiger partial charge in [-0.05, 0) is 57.0 Å². The largest absolute Gasteiger partial charge is 0.255 e. The molecule has 13 heavy (non-hydrogen) atoms. The van der Waals surface area contributed by atoms with E-state index < -0.39 is 0 Å². The predicted octanol–water partition coefficient (Wildman–Crippen LogP) is 3.74. The second-order valence-corrected chi connectivity index (χ2v) is 5.22. The highest BCUT2D eigenvalue weighted by atomic mass is 35.5. The Morgan fingerprint density at radius 3 is 2.15 bits per heavy atom. The van der Waals surface area contributed by atoms with Gasteiger partial charge in [0.25, 0.3) is 0 Å². The van der Waals surface area contributed by atoms with Crippen LogP contribution in [-0.2, 0) is 0 Å². The average Bonchev–Trinajstić information content (AvgIpc) is 2.02. The molecule has 0 radical (unpaired) electrons. The van der Waals surface area contributed by atoms with Gasteiger partial charge in [-0.1, -0.05) is 11.6 Å². The summed E-state index contributed by atoms with van der Waals surface area (Å²) in [4.78, 5) is 1.18. The minimum Gasteiger partial charge on any atom is -0.255 e. The molecule has 0 atom stereocenters. The first kappa shape index (κ1) is 10.9. The van der Waals surface area contributed by atoms with Gasteiger partial charge < -0.3 is 0 Å². The van der Waals surface area contributed by atoms with Crippen molar-refractivity contribution in [1.82, 2.24) is 4.72 Å². The van der Waals surface area contributed by atoms with Gasteiger partial charge in [0.05, 0.1) is 0 Å². The fourth-order valence-corrected chi connectivity index (χ4v) is 1.54. The molecule has 0 saturated carbocycles. The SMILES string of the molecule is CC(C)(C)NSc1ccc(Cl)cc1. The van der Waals surface area contributed by atoms with Crippen molar-refractivity contribution in [3.05, 3.63) is 29.3 Å². The molecule has 0 aliphatic carbocycles. The van der Waals surface area contributed by atoms with Crippen molar-refractivity contribution < 1.29 is 0 Å². The van der Waals surface area contributed by atoms with E-state index in [2.05, 4.69) is 25.5 Å². The predicted molar refractivity (Wildman–Crippen MR) is 60.2 cm³/mol. The molecule has 0 aromatic heterocycles. The van der Waals surface area contributed by atoms with Crippen LogP contribution in [0, 0.1) is 0 Å². The molecule has 0 saturated heterocycles. The van der Waals surface area contributed by atoms with E-state index in [4.69, 9.17) is 11.6 Å². The third kappa shape index (κ3) is 4.55. The Bertz CT molecular complexity index is 263. The van der Waals surface area contributed by atoms with Gasteiger partial charge in [-0.2, -0.15) is 0 Å². The lowest BCUT2D eigenvalue weighted by atomic mass is 10.1. The van der Waals surface area contributed by atoms with Crippen LogP contribution in [0.1, 0.15) is 20.8 Å². The Hall–Kier alpha value is -0.180. The highest BCUT2D eigenvalue weighted by molar-refractivity contribution is 7.97. The van der Waals surface area contributed by atoms with Crippen molar-refractivity contribution in [2.24, 2.45) is 0 Å². The van der Waals surface area contributed by atoms with E-state index >= 15 is 0 Å². The van der Waals surface area contributed by atoms with E-state index in [0.29, 0.717) is 0 Å². The van der Waals surface area contributed by atoms with Gasteiger partial charge in [0.2, 0.25) is 0 Å². The summed E-state index contributed by atoms with van der Waals surface area (Å²) in [5, 5.41) is 0.778. The molecule has 3 heteroatoms. The Kier molecular flexibility index (Phi) is 3.65. The van der Waals surface area contributed by atoms with Gasteiger partial charge >= 0.3 is 0 Å². The molecule has 1 nitrogen and oxygen atoms in total. The van der Waals surface area contributed by atoms with Gasteiger partial charge in [0.15, 0.2) is 0 Å². The number of nitrogens with one attached hydrogen (secondary N) is 1. The molecule has 1 rings (SSSR count). The maximum Gasteiger partial charge on any atom is 0.0406 e. The van der Waals surface area contributed by atoms with Crippen LogP contribution in [0.3, 0.4) is 0 Å². The van der Waals surface area contributed by atoms with E-state index in [1.165, 1.54) is 4.90 Å². The molecule has 0 heterocycles. The lowest BCUT2D eigenvalue weighted by Gasteiger charge is -2.19. The van der Waals surface area contributed by atoms with Crippen LogP contribution >= 0.6 is 23.5 Å². The average molecular weight is 216 g/mol. The van der Waals surface area contributed by atoms with Gasteiger partial charge in [-0.3, -0.25) is 4.72 Å². The Morgan fingerprint density at radius 1 is 1.15 bits per heavy atom. The standard InChI is InChI=1S/C10H14ClNS/c1-10(2,3)12-13-9-6-4-8(11)5-7-9/h4-7,12H,1-3H3. The van der Waals surface area contributed by atoms with Gasteiger partial charge in [-0.15, -0.1) is 0 Å². The first-order valence-corrected chi connectivity index (χ1v) is 5.36. The molecule has 1 aromatic rings. The van der Waals surface area contributed by atoms with Crippen molar-refractivity contribution in [2.75, 3.05) is 0 Å². The van der Waals surface area contributed by atoms with Crippen LogP contribution in [0.25, 0.3) is 0 Å². The zero-order valence-corrected chi connectivity index (χ0v) is 9.67. The van der Waals surface area contributed by atoms with Crippen LogP contribution in [0.15, 0.2) is 29.2 Å². The molecule has 0 spiro atoms. The Balaban J connectivity index is 2.51. The van der Waals surface area contributed by atoms with Crippen molar-refractivity contribution >= 4 is 23.5 Å². The zero-order valence-electron chi connectivity index (χ0n) is 8.10. The van der Waals surface area contributed by atoms with Crippen LogP contribution in [0.4, 0.5) is 0 Å². The van der Waals surface area contributed by atoms with Crippen LogP contribution in [0.2, 0.25) is 5.02 Å². The second-order valence-electron chi connectivity index (χ2n) is 3.91. The zero-order chi connectivity index (χ0) is 9.90. The van der Waals surface area contributed by atoms with E-state index in [1.807, 2.05) is 24.3 Å². The minimum atomic E-state index is 0.129. The maximum absolute atomic E-state index is 5.77. The van der Waals surface area contributed by atoms with E-state index in [0.717, 1.165) is 5.02 Å². The van der Waals surface area contributed by atoms with Crippen molar-refractivity contribution in [1.29, 1.82) is 0 Å². The van der Waals surface area contributed by atoms with Crippen LogP contribution in [0.5, 0.6) is 0 Å². The molecule has 0 amide bonds. The molecule has 0 aliphatic rings. The third-order valence-corrected chi connectivity index (χ3v) is 2.76. The number of rotatable bonds is 2. The summed E-state index contributed by atoms with van der Waals surface area (Å²) < 4.78 is 3.33. The molecule has 1 aromatic carbocycles. The van der Waals surface area contributed by atoms with Gasteiger partial charge in [-0.25, -0.2) is 0 Å². The topological polar surface area (TPSA) is 12.0 Å². The molecule has 0 fully saturated rings. The van der Waals surface area contributed by atoms with E-state index in [-0.39, 0.29) is 5.54 Å². The Labute approximate surface area is 89.0 Å². The van der Waals surface area contributed by atoms with Gasteiger partial charge in [0, 0.05) is 15.5 Å². The summed E-state index contributed by atoms with van der Waals surface area (Å²) in [6.45, 7) is 6.40. The monoisotopic (exact) mass is 215 g/mol. The van der Waals surface area contributed by atoms with Crippen molar-refractivity contribution in [3.8, 4) is 0 Å². The first-order chi connectivity index (χ1) is 5.97. The fraction of sp³-hybridized carbons (Fsp3) is 0.400. The molecule has 0 bridgehead atoms. The van der Waals surface area contributed by atoms with Crippen LogP contribution < -0.4 is 4.72 Å². The summed E-state index contributed by atoms with van der Waals surface area (Å²) >= 11 is 7.40. The second kappa shape index (κ2) is 4.36. The molecular weight excluding hydrogens is 202 g/mol. The highest BCUT2D eigenvalue weighted by Gasteiger charge is 2.08. The van der Waals surface area contributed by atoms with E-state index in [1.54, 1.807) is 11.9 Å². The third-order valence-electron chi connectivity index (χ3n) is 1.29. The summed E-state index contributed by atoms with van der Waals surface area (Å²) in [6, 6.07) is 7.81. The molecule has 0 aliphatic heterocycles. The minimum absolute atomic E-state index is 0.129. The summed E-state index contributed by atoms with van der Waals surface area (Å²) in [6.07, 6.45) is 0. The van der Waals surface area contributed by atoms with E-state index in [9.17, 15) is 0 Å². The maximum atomic E-state index is 5.77. The molecule has 1 N–H and O–H groups in total. The number of benzene rings is 1. The number of halogens is 1. The normalized spacial score (nSPS) is 11.7. The number of hydrogen-bond donors (Lipinski definition) is 1. The summed E-state index contributed by atoms with van der Waals surface area (Å²) in [5.41, 5.74) is 0.129. The number of hydrogen-bond acceptors (Lipinski definition) is 2.